The van der Waals surface area contributed by atoms with E-state index in [0.29, 0.717) is 11.5 Å². The average Bonchev–Trinajstić information content (AvgIpc) is 3.28. The molecule has 3 rings (SSSR count). The largest absolute Gasteiger partial charge is 0.505 e. The van der Waals surface area contributed by atoms with Crippen molar-refractivity contribution < 1.29 is 35.1 Å². The maximum atomic E-state index is 13.1. The van der Waals surface area contributed by atoms with Gasteiger partial charge in [-0.1, -0.05) is 69.9 Å². The van der Waals surface area contributed by atoms with Crippen LogP contribution < -0.4 is 0 Å². The Labute approximate surface area is 224 Å². The predicted octanol–water partition coefficient (Wildman–Crippen LogP) is 6.82. The van der Waals surface area contributed by atoms with E-state index in [1.807, 2.05) is 41.5 Å². The van der Waals surface area contributed by atoms with Gasteiger partial charge in [0.1, 0.15) is 16.3 Å². The summed E-state index contributed by atoms with van der Waals surface area (Å²) in [6.07, 6.45) is 0. The Morgan fingerprint density at radius 1 is 1.06 bits per heavy atom. The molecule has 0 amide bonds. The van der Waals surface area contributed by atoms with Crippen molar-refractivity contribution in [3.05, 3.63) is 44.4 Å². The van der Waals surface area contributed by atoms with E-state index in [2.05, 4.69) is 25.2 Å². The van der Waals surface area contributed by atoms with Crippen LogP contribution in [0, 0.1) is 0 Å². The molecule has 0 saturated heterocycles. The molecule has 2 aromatic heterocycles. The molecule has 0 bridgehead atoms. The number of aryl methyl sites for hydroxylation is 1. The Kier molecular flexibility index (Phi) is 8.40. The summed E-state index contributed by atoms with van der Waals surface area (Å²) < 4.78 is 36.7. The van der Waals surface area contributed by atoms with Crippen molar-refractivity contribution in [1.29, 1.82) is 0 Å². The quantitative estimate of drug-likeness (QED) is 0.258. The SMILES string of the molecule is Cn1nc(C(C)(C)C)c(N=Nc2cc(C(C)(C)C)on2)c1[N-]S(=O)(=O)c1cc(Cl)cc(Cl)c1O.[Fe]. The molecule has 3 aromatic rings. The van der Waals surface area contributed by atoms with Crippen molar-refractivity contribution in [3.8, 4) is 5.75 Å². The first kappa shape index (κ1) is 29.1. The third-order valence-corrected chi connectivity index (χ3v) is 6.46. The first-order chi connectivity index (χ1) is 15.5. The normalized spacial score (nSPS) is 12.7. The minimum Gasteiger partial charge on any atom is -0.505 e. The van der Waals surface area contributed by atoms with Crippen molar-refractivity contribution >= 4 is 50.5 Å². The number of nitrogens with zero attached hydrogens (tertiary/aromatic N) is 6. The van der Waals surface area contributed by atoms with E-state index in [4.69, 9.17) is 27.7 Å². The first-order valence-electron chi connectivity index (χ1n) is 10.1. The van der Waals surface area contributed by atoms with Crippen LogP contribution >= 0.6 is 23.2 Å². The van der Waals surface area contributed by atoms with Gasteiger partial charge in [0.15, 0.2) is 5.75 Å². The number of rotatable bonds is 5. The number of phenolic OH excluding ortho intramolecular Hbond substituents is 1. The summed E-state index contributed by atoms with van der Waals surface area (Å²) in [6.45, 7) is 11.6. The van der Waals surface area contributed by atoms with Gasteiger partial charge in [-0.25, -0.2) is 8.42 Å². The molecule has 35 heavy (non-hydrogen) atoms. The Hall–Kier alpha value is -2.11. The van der Waals surface area contributed by atoms with Gasteiger partial charge in [-0.05, 0) is 25.0 Å². The van der Waals surface area contributed by atoms with Crippen LogP contribution in [-0.4, -0.2) is 28.5 Å². The number of hydrogen-bond donors (Lipinski definition) is 1. The van der Waals surface area contributed by atoms with Crippen molar-refractivity contribution in [2.75, 3.05) is 0 Å². The second kappa shape index (κ2) is 10.1. The minimum atomic E-state index is -4.45. The summed E-state index contributed by atoms with van der Waals surface area (Å²) in [5.74, 6) is 0.0726. The van der Waals surface area contributed by atoms with Crippen molar-refractivity contribution in [2.24, 2.45) is 17.3 Å². The van der Waals surface area contributed by atoms with Gasteiger partial charge < -0.3 is 19.0 Å². The van der Waals surface area contributed by atoms with Gasteiger partial charge in [0, 0.05) is 39.0 Å². The molecule has 14 heteroatoms. The third-order valence-electron chi connectivity index (χ3n) is 4.67. The maximum Gasteiger partial charge on any atom is 0.217 e. The number of sulfonamides is 1. The summed E-state index contributed by atoms with van der Waals surface area (Å²) in [5, 5.41) is 26.7. The van der Waals surface area contributed by atoms with Gasteiger partial charge in [-0.3, -0.25) is 5.10 Å². The van der Waals surface area contributed by atoms with Crippen molar-refractivity contribution in [3.63, 3.8) is 0 Å². The molecule has 0 atom stereocenters. The van der Waals surface area contributed by atoms with E-state index in [1.165, 1.54) is 17.8 Å². The molecule has 0 aliphatic heterocycles. The zero-order chi connectivity index (χ0) is 25.6. The van der Waals surface area contributed by atoms with E-state index >= 15 is 0 Å². The van der Waals surface area contributed by atoms with Crippen molar-refractivity contribution in [1.82, 2.24) is 14.9 Å². The van der Waals surface area contributed by atoms with E-state index in [9.17, 15) is 13.5 Å². The number of aromatic nitrogens is 3. The standard InChI is InChI=1S/C21H25Cl2N6O4S.Fe/c1-20(2,3)14-10-15(27-33-14)24-25-16-18(21(4,5)6)26-29(7)19(16)28-34(31,32)13-9-11(22)8-12(23)17(13)30;/h8-10H,1-7H3,(H-,24,26,27,28,30);/q-1;. The van der Waals surface area contributed by atoms with Crippen LogP contribution in [0.4, 0.5) is 17.3 Å². The molecule has 0 aliphatic carbocycles. The van der Waals surface area contributed by atoms with Gasteiger partial charge in [-0.15, -0.1) is 10.2 Å². The Morgan fingerprint density at radius 3 is 2.23 bits per heavy atom. The van der Waals surface area contributed by atoms with Crippen LogP contribution in [0.1, 0.15) is 53.0 Å². The molecule has 0 spiro atoms. The molecule has 2 heterocycles. The van der Waals surface area contributed by atoms with Crippen LogP contribution in [0.2, 0.25) is 10.0 Å². The second-order valence-electron chi connectivity index (χ2n) is 9.69. The van der Waals surface area contributed by atoms with Crippen molar-refractivity contribution in [2.45, 2.75) is 57.3 Å². The van der Waals surface area contributed by atoms with Crippen LogP contribution in [0.5, 0.6) is 5.75 Å². The third kappa shape index (κ3) is 6.37. The molecule has 1 N–H and O–H groups in total. The van der Waals surface area contributed by atoms with Gasteiger partial charge in [0.2, 0.25) is 15.8 Å². The number of azo groups is 1. The van der Waals surface area contributed by atoms with E-state index < -0.39 is 26.1 Å². The van der Waals surface area contributed by atoms with Gasteiger partial charge >= 0.3 is 0 Å². The Balaban J connectivity index is 0.00000432. The summed E-state index contributed by atoms with van der Waals surface area (Å²) in [7, 11) is -2.93. The summed E-state index contributed by atoms with van der Waals surface area (Å²) in [4.78, 5) is -0.544. The van der Waals surface area contributed by atoms with Crippen LogP contribution in [0.3, 0.4) is 0 Å². The number of benzene rings is 1. The van der Waals surface area contributed by atoms with Crippen LogP contribution in [0.25, 0.3) is 4.72 Å². The monoisotopic (exact) mass is 583 g/mol. The van der Waals surface area contributed by atoms with E-state index in [1.54, 1.807) is 6.07 Å². The summed E-state index contributed by atoms with van der Waals surface area (Å²) >= 11 is 11.8. The Bertz CT molecular complexity index is 1370. The fraction of sp³-hybridized carbons (Fsp3) is 0.429. The number of aromatic hydroxyl groups is 1. The van der Waals surface area contributed by atoms with E-state index in [0.717, 1.165) is 6.07 Å². The average molecular weight is 584 g/mol. The maximum absolute atomic E-state index is 13.1. The number of halogens is 2. The Morgan fingerprint density at radius 2 is 1.69 bits per heavy atom. The minimum absolute atomic E-state index is 0. The zero-order valence-corrected chi connectivity index (χ0v) is 23.5. The number of hydrogen-bond acceptors (Lipinski definition) is 8. The molecule has 192 valence electrons. The summed E-state index contributed by atoms with van der Waals surface area (Å²) in [5.41, 5.74) is -0.210. The zero-order valence-electron chi connectivity index (χ0n) is 20.1. The molecular weight excluding hydrogens is 559 g/mol. The van der Waals surface area contributed by atoms with Crippen LogP contribution in [0.15, 0.2) is 37.8 Å². The summed E-state index contributed by atoms with van der Waals surface area (Å²) in [6, 6.07) is 3.94. The number of phenols is 1. The molecule has 0 saturated carbocycles. The molecule has 0 unspecified atom stereocenters. The molecule has 1 aromatic carbocycles. The molecular formula is C21H25Cl2FeN6O4S-. The molecule has 10 nitrogen and oxygen atoms in total. The second-order valence-corrected chi connectivity index (χ2v) is 12.1. The molecule has 0 radical (unpaired) electrons. The smallest absolute Gasteiger partial charge is 0.217 e. The predicted molar refractivity (Wildman–Crippen MR) is 130 cm³/mol. The molecule has 0 fully saturated rings. The molecule has 0 aliphatic rings. The topological polar surface area (TPSA) is 137 Å². The fourth-order valence-electron chi connectivity index (χ4n) is 2.87. The van der Waals surface area contributed by atoms with Gasteiger partial charge in [0.05, 0.1) is 10.7 Å². The first-order valence-corrected chi connectivity index (χ1v) is 12.3. The van der Waals surface area contributed by atoms with Gasteiger partial charge in [0.25, 0.3) is 0 Å². The fourth-order valence-corrected chi connectivity index (χ4v) is 4.65. The van der Waals surface area contributed by atoms with E-state index in [-0.39, 0.29) is 49.9 Å². The van der Waals surface area contributed by atoms with Gasteiger partial charge in [-0.2, -0.15) is 0 Å². The van der Waals surface area contributed by atoms with Crippen LogP contribution in [-0.2, 0) is 45.0 Å².